The van der Waals surface area contributed by atoms with E-state index in [1.165, 1.54) is 30.9 Å². The van der Waals surface area contributed by atoms with Crippen molar-refractivity contribution in [2.75, 3.05) is 13.1 Å². The summed E-state index contributed by atoms with van der Waals surface area (Å²) in [5.74, 6) is 0.510. The Hall–Kier alpha value is -0.540. The zero-order chi connectivity index (χ0) is 11.3. The Morgan fingerprint density at radius 2 is 1.93 bits per heavy atom. The predicted octanol–water partition coefficient (Wildman–Crippen LogP) is 3.92. The standard InChI is InChI=1S/C12H18FNS/c1-4-11(13)12(5-2)15-14-8-6-10(3)7-9-14/h4-5,10H,1-2,6-9H2,3H3/b12-11-. The van der Waals surface area contributed by atoms with Gasteiger partial charge in [-0.2, -0.15) is 0 Å². The molecule has 0 bridgehead atoms. The summed E-state index contributed by atoms with van der Waals surface area (Å²) in [6.07, 6.45) is 5.16. The van der Waals surface area contributed by atoms with Gasteiger partial charge in [-0.05, 0) is 36.8 Å². The molecule has 0 aromatic carbocycles. The Kier molecular flexibility index (Phi) is 5.12. The maximum Gasteiger partial charge on any atom is 0.137 e. The first-order chi connectivity index (χ1) is 7.17. The van der Waals surface area contributed by atoms with Crippen molar-refractivity contribution < 1.29 is 4.39 Å². The molecule has 3 heteroatoms. The van der Waals surface area contributed by atoms with Gasteiger partial charge < -0.3 is 0 Å². The fourth-order valence-electron chi connectivity index (χ4n) is 1.49. The fraction of sp³-hybridized carbons (Fsp3) is 0.500. The fourth-order valence-corrected chi connectivity index (χ4v) is 2.41. The number of nitrogens with zero attached hydrogens (tertiary/aromatic N) is 1. The van der Waals surface area contributed by atoms with Gasteiger partial charge in [0.15, 0.2) is 0 Å². The number of piperidine rings is 1. The molecule has 1 fully saturated rings. The van der Waals surface area contributed by atoms with Gasteiger partial charge in [-0.1, -0.05) is 26.2 Å². The minimum atomic E-state index is -0.284. The molecule has 0 aliphatic carbocycles. The lowest BCUT2D eigenvalue weighted by Crippen LogP contribution is -2.27. The second kappa shape index (κ2) is 6.13. The topological polar surface area (TPSA) is 3.24 Å². The van der Waals surface area contributed by atoms with E-state index in [9.17, 15) is 4.39 Å². The highest BCUT2D eigenvalue weighted by atomic mass is 32.2. The molecule has 1 aliphatic heterocycles. The molecule has 15 heavy (non-hydrogen) atoms. The van der Waals surface area contributed by atoms with E-state index in [0.717, 1.165) is 19.0 Å². The molecule has 0 spiro atoms. The summed E-state index contributed by atoms with van der Waals surface area (Å²) >= 11 is 1.45. The van der Waals surface area contributed by atoms with Crippen molar-refractivity contribution >= 4 is 11.9 Å². The van der Waals surface area contributed by atoms with Crippen LogP contribution in [0.1, 0.15) is 19.8 Å². The highest BCUT2D eigenvalue weighted by molar-refractivity contribution is 8.01. The van der Waals surface area contributed by atoms with Gasteiger partial charge in [0.2, 0.25) is 0 Å². The van der Waals surface area contributed by atoms with Gasteiger partial charge in [-0.3, -0.25) is 0 Å². The van der Waals surface area contributed by atoms with Gasteiger partial charge in [0, 0.05) is 13.1 Å². The summed E-state index contributed by atoms with van der Waals surface area (Å²) in [4.78, 5) is 0.569. The van der Waals surface area contributed by atoms with Crippen LogP contribution in [0.25, 0.3) is 0 Å². The zero-order valence-corrected chi connectivity index (χ0v) is 10.0. The molecule has 0 unspecified atom stereocenters. The smallest absolute Gasteiger partial charge is 0.137 e. The summed E-state index contributed by atoms with van der Waals surface area (Å²) in [6, 6.07) is 0. The van der Waals surface area contributed by atoms with E-state index in [1.54, 1.807) is 6.08 Å². The molecular formula is C12H18FNS. The molecule has 0 atom stereocenters. The van der Waals surface area contributed by atoms with Gasteiger partial charge in [0.05, 0.1) is 4.91 Å². The largest absolute Gasteiger partial charge is 0.246 e. The Morgan fingerprint density at radius 3 is 2.40 bits per heavy atom. The zero-order valence-electron chi connectivity index (χ0n) is 9.21. The molecule has 1 aliphatic rings. The molecule has 1 saturated heterocycles. The molecule has 1 heterocycles. The Balaban J connectivity index is 2.53. The van der Waals surface area contributed by atoms with Crippen LogP contribution in [0, 0.1) is 5.92 Å². The molecule has 1 nitrogen and oxygen atoms in total. The molecule has 0 radical (unpaired) electrons. The normalized spacial score (nSPS) is 20.9. The lowest BCUT2D eigenvalue weighted by molar-refractivity contribution is 0.309. The monoisotopic (exact) mass is 227 g/mol. The van der Waals surface area contributed by atoms with Crippen molar-refractivity contribution in [1.29, 1.82) is 0 Å². The average Bonchev–Trinajstić information content (AvgIpc) is 2.27. The van der Waals surface area contributed by atoms with Crippen molar-refractivity contribution in [3.05, 3.63) is 36.0 Å². The summed E-state index contributed by atoms with van der Waals surface area (Å²) in [5.41, 5.74) is 0. The molecule has 0 N–H and O–H groups in total. The van der Waals surface area contributed by atoms with Gasteiger partial charge in [-0.25, -0.2) is 8.70 Å². The number of halogens is 1. The van der Waals surface area contributed by atoms with Gasteiger partial charge in [-0.15, -0.1) is 0 Å². The maximum absolute atomic E-state index is 13.3. The van der Waals surface area contributed by atoms with Crippen molar-refractivity contribution in [3.63, 3.8) is 0 Å². The van der Waals surface area contributed by atoms with Gasteiger partial charge in [0.25, 0.3) is 0 Å². The first-order valence-corrected chi connectivity index (χ1v) is 6.02. The first-order valence-electron chi connectivity index (χ1n) is 5.25. The van der Waals surface area contributed by atoms with Crippen molar-refractivity contribution in [2.45, 2.75) is 19.8 Å². The van der Waals surface area contributed by atoms with E-state index in [0.29, 0.717) is 4.91 Å². The van der Waals surface area contributed by atoms with Crippen molar-refractivity contribution in [2.24, 2.45) is 5.92 Å². The quantitative estimate of drug-likeness (QED) is 0.529. The van der Waals surface area contributed by atoms with Crippen LogP contribution in [-0.2, 0) is 0 Å². The van der Waals surface area contributed by atoms with Crippen LogP contribution in [-0.4, -0.2) is 17.4 Å². The van der Waals surface area contributed by atoms with Crippen LogP contribution in [0.5, 0.6) is 0 Å². The van der Waals surface area contributed by atoms with Crippen LogP contribution in [0.15, 0.2) is 36.0 Å². The third kappa shape index (κ3) is 3.84. The molecule has 0 aromatic heterocycles. The molecular weight excluding hydrogens is 209 g/mol. The van der Waals surface area contributed by atoms with E-state index < -0.39 is 0 Å². The Morgan fingerprint density at radius 1 is 1.33 bits per heavy atom. The van der Waals surface area contributed by atoms with Gasteiger partial charge >= 0.3 is 0 Å². The second-order valence-corrected chi connectivity index (χ2v) is 4.96. The SMILES string of the molecule is C=C/C(F)=C(\C=C)SN1CCC(C)CC1. The third-order valence-corrected chi connectivity index (χ3v) is 3.75. The predicted molar refractivity (Wildman–Crippen MR) is 66.1 cm³/mol. The minimum Gasteiger partial charge on any atom is -0.246 e. The molecule has 1 rings (SSSR count). The number of hydrogen-bond acceptors (Lipinski definition) is 2. The Labute approximate surface area is 95.9 Å². The molecule has 0 aromatic rings. The van der Waals surface area contributed by atoms with E-state index in [2.05, 4.69) is 24.4 Å². The lowest BCUT2D eigenvalue weighted by atomic mass is 10.0. The second-order valence-electron chi connectivity index (χ2n) is 3.82. The minimum absolute atomic E-state index is 0.284. The summed E-state index contributed by atoms with van der Waals surface area (Å²) in [5, 5.41) is 0. The highest BCUT2D eigenvalue weighted by Gasteiger charge is 2.17. The summed E-state index contributed by atoms with van der Waals surface area (Å²) in [6.45, 7) is 11.3. The van der Waals surface area contributed by atoms with Crippen molar-refractivity contribution in [3.8, 4) is 0 Å². The highest BCUT2D eigenvalue weighted by Crippen LogP contribution is 2.30. The average molecular weight is 227 g/mol. The van der Waals surface area contributed by atoms with Crippen LogP contribution >= 0.6 is 11.9 Å². The Bertz CT molecular complexity index is 265. The van der Waals surface area contributed by atoms with Crippen LogP contribution in [0.3, 0.4) is 0 Å². The van der Waals surface area contributed by atoms with E-state index in [-0.39, 0.29) is 5.83 Å². The van der Waals surface area contributed by atoms with Crippen LogP contribution < -0.4 is 0 Å². The number of rotatable bonds is 4. The maximum atomic E-state index is 13.3. The lowest BCUT2D eigenvalue weighted by Gasteiger charge is -2.29. The molecule has 84 valence electrons. The van der Waals surface area contributed by atoms with E-state index >= 15 is 0 Å². The number of allylic oxidation sites excluding steroid dienone is 3. The molecule has 0 saturated carbocycles. The molecule has 0 amide bonds. The first kappa shape index (κ1) is 12.5. The van der Waals surface area contributed by atoms with Gasteiger partial charge in [0.1, 0.15) is 5.83 Å². The summed E-state index contributed by atoms with van der Waals surface area (Å²) in [7, 11) is 0. The van der Waals surface area contributed by atoms with E-state index in [4.69, 9.17) is 0 Å². The van der Waals surface area contributed by atoms with Crippen LogP contribution in [0.4, 0.5) is 4.39 Å². The number of hydrogen-bond donors (Lipinski definition) is 0. The van der Waals surface area contributed by atoms with E-state index in [1.807, 2.05) is 0 Å². The summed E-state index contributed by atoms with van der Waals surface area (Å²) < 4.78 is 15.5. The van der Waals surface area contributed by atoms with Crippen LogP contribution in [0.2, 0.25) is 0 Å². The third-order valence-electron chi connectivity index (χ3n) is 2.57. The van der Waals surface area contributed by atoms with Crippen molar-refractivity contribution in [1.82, 2.24) is 4.31 Å².